The highest BCUT2D eigenvalue weighted by atomic mass is 32.1. The van der Waals surface area contributed by atoms with Crippen molar-refractivity contribution in [3.63, 3.8) is 0 Å². The lowest BCUT2D eigenvalue weighted by Crippen LogP contribution is -2.38. The minimum atomic E-state index is 0.387. The standard InChI is InChI=1S/C14H25N3S/c1-10-11(2)18-14(16-10)9-13(17-15)8-12-6-4-3-5-7-12/h12-13,17H,3-9,15H2,1-2H3. The Kier molecular flexibility index (Phi) is 5.15. The molecule has 0 spiro atoms. The number of hydrazine groups is 1. The second-order valence-corrected chi connectivity index (χ2v) is 6.84. The zero-order valence-electron chi connectivity index (χ0n) is 11.5. The monoisotopic (exact) mass is 267 g/mol. The molecule has 1 atom stereocenters. The fraction of sp³-hybridized carbons (Fsp3) is 0.786. The van der Waals surface area contributed by atoms with Crippen LogP contribution in [0.15, 0.2) is 0 Å². The molecule has 102 valence electrons. The zero-order valence-corrected chi connectivity index (χ0v) is 12.4. The molecule has 1 aliphatic rings. The van der Waals surface area contributed by atoms with Gasteiger partial charge in [0, 0.05) is 17.3 Å². The summed E-state index contributed by atoms with van der Waals surface area (Å²) in [7, 11) is 0. The molecule has 0 amide bonds. The highest BCUT2D eigenvalue weighted by molar-refractivity contribution is 7.11. The molecular formula is C14H25N3S. The summed E-state index contributed by atoms with van der Waals surface area (Å²) in [5, 5.41) is 1.23. The number of nitrogens with one attached hydrogen (secondary N) is 1. The predicted molar refractivity (Wildman–Crippen MR) is 77.6 cm³/mol. The number of thiazole rings is 1. The van der Waals surface area contributed by atoms with E-state index < -0.39 is 0 Å². The molecule has 3 nitrogen and oxygen atoms in total. The van der Waals surface area contributed by atoms with Crippen LogP contribution in [0.2, 0.25) is 0 Å². The Bertz CT molecular complexity index is 350. The van der Waals surface area contributed by atoms with Gasteiger partial charge in [0.25, 0.3) is 0 Å². The highest BCUT2D eigenvalue weighted by Gasteiger charge is 2.19. The number of hydrogen-bond donors (Lipinski definition) is 2. The first-order valence-electron chi connectivity index (χ1n) is 7.08. The van der Waals surface area contributed by atoms with Gasteiger partial charge in [-0.1, -0.05) is 32.1 Å². The maximum Gasteiger partial charge on any atom is 0.0946 e. The largest absolute Gasteiger partial charge is 0.271 e. The van der Waals surface area contributed by atoms with Gasteiger partial charge >= 0.3 is 0 Å². The molecule has 0 radical (unpaired) electrons. The molecule has 2 rings (SSSR count). The van der Waals surface area contributed by atoms with Crippen LogP contribution in [0.1, 0.15) is 54.1 Å². The molecule has 1 unspecified atom stereocenters. The molecule has 0 bridgehead atoms. The van der Waals surface area contributed by atoms with E-state index in [1.54, 1.807) is 0 Å². The van der Waals surface area contributed by atoms with E-state index in [0.29, 0.717) is 6.04 Å². The second-order valence-electron chi connectivity index (χ2n) is 5.56. The molecule has 1 fully saturated rings. The van der Waals surface area contributed by atoms with E-state index in [0.717, 1.165) is 12.3 Å². The van der Waals surface area contributed by atoms with Gasteiger partial charge < -0.3 is 0 Å². The lowest BCUT2D eigenvalue weighted by atomic mass is 9.84. The Labute approximate surface area is 114 Å². The summed E-state index contributed by atoms with van der Waals surface area (Å²) in [5.74, 6) is 6.57. The third kappa shape index (κ3) is 3.77. The lowest BCUT2D eigenvalue weighted by molar-refractivity contribution is 0.297. The summed E-state index contributed by atoms with van der Waals surface area (Å²) in [6, 6.07) is 0.387. The number of nitrogens with zero attached hydrogens (tertiary/aromatic N) is 1. The van der Waals surface area contributed by atoms with Gasteiger partial charge in [-0.2, -0.15) is 0 Å². The SMILES string of the molecule is Cc1nc(CC(CC2CCCCC2)NN)sc1C. The van der Waals surface area contributed by atoms with E-state index in [-0.39, 0.29) is 0 Å². The number of hydrogen-bond acceptors (Lipinski definition) is 4. The van der Waals surface area contributed by atoms with Gasteiger partial charge in [-0.05, 0) is 26.2 Å². The second kappa shape index (κ2) is 6.64. The molecule has 4 heteroatoms. The fourth-order valence-electron chi connectivity index (χ4n) is 2.87. The van der Waals surface area contributed by atoms with Crippen LogP contribution in [-0.4, -0.2) is 11.0 Å². The van der Waals surface area contributed by atoms with Crippen LogP contribution in [0.25, 0.3) is 0 Å². The maximum absolute atomic E-state index is 5.71. The van der Waals surface area contributed by atoms with Crippen LogP contribution < -0.4 is 11.3 Å². The van der Waals surface area contributed by atoms with E-state index in [1.165, 1.54) is 54.1 Å². The molecule has 1 aliphatic carbocycles. The Morgan fingerprint density at radius 1 is 1.33 bits per heavy atom. The molecule has 1 aromatic rings. The summed E-state index contributed by atoms with van der Waals surface area (Å²) in [6.07, 6.45) is 9.17. The Morgan fingerprint density at radius 2 is 2.06 bits per heavy atom. The van der Waals surface area contributed by atoms with Crippen molar-refractivity contribution in [2.45, 2.75) is 64.8 Å². The van der Waals surface area contributed by atoms with Crippen molar-refractivity contribution in [1.29, 1.82) is 0 Å². The summed E-state index contributed by atoms with van der Waals surface area (Å²) in [4.78, 5) is 5.95. The van der Waals surface area contributed by atoms with E-state index in [4.69, 9.17) is 5.84 Å². The van der Waals surface area contributed by atoms with Crippen LogP contribution in [0.4, 0.5) is 0 Å². The van der Waals surface area contributed by atoms with Gasteiger partial charge in [-0.25, -0.2) is 4.98 Å². The minimum Gasteiger partial charge on any atom is -0.271 e. The number of aryl methyl sites for hydroxylation is 2. The van der Waals surface area contributed by atoms with Crippen molar-refractivity contribution < 1.29 is 0 Å². The third-order valence-corrected chi connectivity index (χ3v) is 5.17. The number of rotatable bonds is 5. The average Bonchev–Trinajstić information content (AvgIpc) is 2.69. The van der Waals surface area contributed by atoms with Crippen LogP contribution in [0.5, 0.6) is 0 Å². The van der Waals surface area contributed by atoms with Crippen LogP contribution in [0, 0.1) is 19.8 Å². The molecule has 0 aliphatic heterocycles. The topological polar surface area (TPSA) is 50.9 Å². The first-order chi connectivity index (χ1) is 8.69. The molecular weight excluding hydrogens is 242 g/mol. The van der Waals surface area contributed by atoms with Gasteiger partial charge in [0.2, 0.25) is 0 Å². The summed E-state index contributed by atoms with van der Waals surface area (Å²) in [5.41, 5.74) is 4.16. The molecule has 1 aromatic heterocycles. The van der Waals surface area contributed by atoms with E-state index in [2.05, 4.69) is 24.3 Å². The molecule has 1 saturated carbocycles. The summed E-state index contributed by atoms with van der Waals surface area (Å²) < 4.78 is 0. The Morgan fingerprint density at radius 3 is 2.61 bits per heavy atom. The molecule has 0 saturated heterocycles. The number of aromatic nitrogens is 1. The van der Waals surface area contributed by atoms with Crippen molar-refractivity contribution in [1.82, 2.24) is 10.4 Å². The third-order valence-electron chi connectivity index (χ3n) is 4.07. The quantitative estimate of drug-likeness (QED) is 0.636. The zero-order chi connectivity index (χ0) is 13.0. The molecule has 0 aromatic carbocycles. The van der Waals surface area contributed by atoms with E-state index in [9.17, 15) is 0 Å². The van der Waals surface area contributed by atoms with Gasteiger partial charge in [0.1, 0.15) is 0 Å². The van der Waals surface area contributed by atoms with Crippen LogP contribution in [0.3, 0.4) is 0 Å². The van der Waals surface area contributed by atoms with Crippen molar-refractivity contribution in [3.05, 3.63) is 15.6 Å². The van der Waals surface area contributed by atoms with E-state index in [1.807, 2.05) is 11.3 Å². The smallest absolute Gasteiger partial charge is 0.0946 e. The van der Waals surface area contributed by atoms with Gasteiger partial charge in [0.15, 0.2) is 0 Å². The van der Waals surface area contributed by atoms with Gasteiger partial charge in [-0.3, -0.25) is 11.3 Å². The average molecular weight is 267 g/mol. The maximum atomic E-state index is 5.71. The van der Waals surface area contributed by atoms with E-state index >= 15 is 0 Å². The minimum absolute atomic E-state index is 0.387. The highest BCUT2D eigenvalue weighted by Crippen LogP contribution is 2.28. The first kappa shape index (κ1) is 14.0. The predicted octanol–water partition coefficient (Wildman–Crippen LogP) is 3.10. The first-order valence-corrected chi connectivity index (χ1v) is 7.89. The van der Waals surface area contributed by atoms with Crippen molar-refractivity contribution >= 4 is 11.3 Å². The summed E-state index contributed by atoms with van der Waals surface area (Å²) in [6.45, 7) is 4.23. The van der Waals surface area contributed by atoms with Crippen LogP contribution >= 0.6 is 11.3 Å². The lowest BCUT2D eigenvalue weighted by Gasteiger charge is -2.25. The normalized spacial score (nSPS) is 19.1. The summed E-state index contributed by atoms with van der Waals surface area (Å²) >= 11 is 1.81. The fourth-order valence-corrected chi connectivity index (χ4v) is 3.89. The van der Waals surface area contributed by atoms with Crippen LogP contribution in [-0.2, 0) is 6.42 Å². The molecule has 3 N–H and O–H groups in total. The van der Waals surface area contributed by atoms with Crippen molar-refractivity contribution in [3.8, 4) is 0 Å². The van der Waals surface area contributed by atoms with Crippen molar-refractivity contribution in [2.24, 2.45) is 11.8 Å². The Balaban J connectivity index is 1.88. The Hall–Kier alpha value is -0.450. The van der Waals surface area contributed by atoms with Crippen molar-refractivity contribution in [2.75, 3.05) is 0 Å². The molecule has 1 heterocycles. The molecule has 18 heavy (non-hydrogen) atoms. The van der Waals surface area contributed by atoms with Gasteiger partial charge in [-0.15, -0.1) is 11.3 Å². The van der Waals surface area contributed by atoms with Gasteiger partial charge in [0.05, 0.1) is 10.7 Å². The number of nitrogens with two attached hydrogens (primary N) is 1.